The number of amides is 1. The fraction of sp³-hybridized carbons (Fsp3) is 0.412. The van der Waals surface area contributed by atoms with Crippen LogP contribution in [-0.4, -0.2) is 64.8 Å². The van der Waals surface area contributed by atoms with Gasteiger partial charge >= 0.3 is 0 Å². The SMILES string of the molecule is O=C(NCCCN1CCNCC1)c1ccn(-c2ccc([N+](=O)[O-])cc2)n1. The van der Waals surface area contributed by atoms with E-state index in [0.717, 1.165) is 39.1 Å². The monoisotopic (exact) mass is 358 g/mol. The maximum Gasteiger partial charge on any atom is 0.271 e. The summed E-state index contributed by atoms with van der Waals surface area (Å²) in [4.78, 5) is 24.8. The molecule has 0 bridgehead atoms. The van der Waals surface area contributed by atoms with Gasteiger partial charge in [-0.1, -0.05) is 0 Å². The van der Waals surface area contributed by atoms with E-state index in [2.05, 4.69) is 20.6 Å². The van der Waals surface area contributed by atoms with Crippen molar-refractivity contribution in [2.45, 2.75) is 6.42 Å². The molecule has 1 aromatic heterocycles. The zero-order chi connectivity index (χ0) is 18.4. The summed E-state index contributed by atoms with van der Waals surface area (Å²) in [6.07, 6.45) is 2.56. The summed E-state index contributed by atoms with van der Waals surface area (Å²) < 4.78 is 1.53. The number of aromatic nitrogens is 2. The van der Waals surface area contributed by atoms with Gasteiger partial charge in [0.05, 0.1) is 10.6 Å². The molecule has 9 heteroatoms. The maximum atomic E-state index is 12.2. The highest BCUT2D eigenvalue weighted by Crippen LogP contribution is 2.14. The molecular weight excluding hydrogens is 336 g/mol. The predicted octanol–water partition coefficient (Wildman–Crippen LogP) is 0.806. The quantitative estimate of drug-likeness (QED) is 0.431. The normalized spacial score (nSPS) is 14.9. The highest BCUT2D eigenvalue weighted by Gasteiger charge is 2.12. The number of nitrogens with one attached hydrogen (secondary N) is 2. The van der Waals surface area contributed by atoms with Gasteiger partial charge in [-0.2, -0.15) is 5.10 Å². The lowest BCUT2D eigenvalue weighted by Crippen LogP contribution is -2.44. The summed E-state index contributed by atoms with van der Waals surface area (Å²) >= 11 is 0. The molecular formula is C17H22N6O3. The van der Waals surface area contributed by atoms with Crippen LogP contribution < -0.4 is 10.6 Å². The molecule has 0 radical (unpaired) electrons. The fourth-order valence-corrected chi connectivity index (χ4v) is 2.85. The van der Waals surface area contributed by atoms with Crippen LogP contribution in [0.2, 0.25) is 0 Å². The Balaban J connectivity index is 1.48. The standard InChI is InChI=1S/C17H22N6O3/c24-17(19-7-1-10-21-12-8-18-9-13-21)16-6-11-22(20-16)14-2-4-15(5-3-14)23(25)26/h2-6,11,18H,1,7-10,12-13H2,(H,19,24). The molecule has 1 aromatic carbocycles. The summed E-state index contributed by atoms with van der Waals surface area (Å²) in [5, 5.41) is 21.1. The molecule has 3 rings (SSSR count). The van der Waals surface area contributed by atoms with Crippen molar-refractivity contribution in [2.75, 3.05) is 39.3 Å². The second-order valence-electron chi connectivity index (χ2n) is 6.12. The number of piperazine rings is 1. The lowest BCUT2D eigenvalue weighted by Gasteiger charge is -2.26. The Morgan fingerprint density at radius 3 is 2.65 bits per heavy atom. The van der Waals surface area contributed by atoms with E-state index in [-0.39, 0.29) is 11.6 Å². The zero-order valence-electron chi connectivity index (χ0n) is 14.4. The van der Waals surface area contributed by atoms with Gasteiger partial charge in [0.1, 0.15) is 0 Å². The van der Waals surface area contributed by atoms with Crippen LogP contribution in [-0.2, 0) is 0 Å². The Bertz CT molecular complexity index is 752. The van der Waals surface area contributed by atoms with Crippen molar-refractivity contribution in [3.8, 4) is 5.69 Å². The van der Waals surface area contributed by atoms with Crippen LogP contribution in [0.25, 0.3) is 5.69 Å². The minimum absolute atomic E-state index is 0.0170. The van der Waals surface area contributed by atoms with E-state index >= 15 is 0 Å². The lowest BCUT2D eigenvalue weighted by atomic mass is 10.3. The minimum atomic E-state index is -0.452. The third kappa shape index (κ3) is 4.64. The molecule has 9 nitrogen and oxygen atoms in total. The summed E-state index contributed by atoms with van der Waals surface area (Å²) in [5.74, 6) is -0.217. The van der Waals surface area contributed by atoms with E-state index in [1.807, 2.05) is 0 Å². The molecule has 0 unspecified atom stereocenters. The smallest absolute Gasteiger partial charge is 0.271 e. The number of hydrogen-bond acceptors (Lipinski definition) is 6. The first kappa shape index (κ1) is 18.0. The predicted molar refractivity (Wildman–Crippen MR) is 96.5 cm³/mol. The molecule has 0 saturated carbocycles. The first-order valence-electron chi connectivity index (χ1n) is 8.65. The number of benzene rings is 1. The molecule has 138 valence electrons. The van der Waals surface area contributed by atoms with Gasteiger partial charge in [0.25, 0.3) is 11.6 Å². The molecule has 2 heterocycles. The molecule has 1 aliphatic rings. The number of rotatable bonds is 7. The first-order valence-corrected chi connectivity index (χ1v) is 8.65. The zero-order valence-corrected chi connectivity index (χ0v) is 14.4. The van der Waals surface area contributed by atoms with Gasteiger partial charge in [0.2, 0.25) is 0 Å². The summed E-state index contributed by atoms with van der Waals surface area (Å²) in [7, 11) is 0. The number of non-ortho nitro benzene ring substituents is 1. The summed E-state index contributed by atoms with van der Waals surface area (Å²) in [6, 6.07) is 7.65. The van der Waals surface area contributed by atoms with Crippen molar-refractivity contribution in [3.05, 3.63) is 52.3 Å². The lowest BCUT2D eigenvalue weighted by molar-refractivity contribution is -0.384. The Morgan fingerprint density at radius 2 is 1.96 bits per heavy atom. The van der Waals surface area contributed by atoms with Crippen LogP contribution in [0.15, 0.2) is 36.5 Å². The second-order valence-corrected chi connectivity index (χ2v) is 6.12. The van der Waals surface area contributed by atoms with Crippen LogP contribution >= 0.6 is 0 Å². The topological polar surface area (TPSA) is 105 Å². The van der Waals surface area contributed by atoms with Gasteiger partial charge in [-0.25, -0.2) is 4.68 Å². The molecule has 0 spiro atoms. The van der Waals surface area contributed by atoms with Crippen molar-refractivity contribution in [3.63, 3.8) is 0 Å². The van der Waals surface area contributed by atoms with Crippen molar-refractivity contribution >= 4 is 11.6 Å². The average Bonchev–Trinajstić information content (AvgIpc) is 3.16. The largest absolute Gasteiger partial charge is 0.351 e. The number of nitro benzene ring substituents is 1. The molecule has 1 saturated heterocycles. The van der Waals surface area contributed by atoms with Crippen LogP contribution in [0.1, 0.15) is 16.9 Å². The third-order valence-electron chi connectivity index (χ3n) is 4.29. The number of carbonyl (C=O) groups excluding carboxylic acids is 1. The molecule has 26 heavy (non-hydrogen) atoms. The number of carbonyl (C=O) groups is 1. The van der Waals surface area contributed by atoms with E-state index < -0.39 is 4.92 Å². The van der Waals surface area contributed by atoms with Gasteiger partial charge in [-0.05, 0) is 31.2 Å². The van der Waals surface area contributed by atoms with Crippen molar-refractivity contribution in [1.29, 1.82) is 0 Å². The number of nitro groups is 1. The van der Waals surface area contributed by atoms with E-state index in [1.54, 1.807) is 24.4 Å². The van der Waals surface area contributed by atoms with Crippen molar-refractivity contribution in [1.82, 2.24) is 25.3 Å². The summed E-state index contributed by atoms with van der Waals surface area (Å²) in [6.45, 7) is 5.71. The van der Waals surface area contributed by atoms with Crippen molar-refractivity contribution < 1.29 is 9.72 Å². The molecule has 1 aliphatic heterocycles. The molecule has 2 aromatic rings. The van der Waals surface area contributed by atoms with Gasteiger partial charge < -0.3 is 15.5 Å². The Kier molecular flexibility index (Phi) is 5.92. The van der Waals surface area contributed by atoms with Gasteiger partial charge in [0.15, 0.2) is 5.69 Å². The van der Waals surface area contributed by atoms with Crippen LogP contribution in [0, 0.1) is 10.1 Å². The molecule has 0 atom stereocenters. The second kappa shape index (κ2) is 8.54. The average molecular weight is 358 g/mol. The number of nitrogens with zero attached hydrogens (tertiary/aromatic N) is 4. The highest BCUT2D eigenvalue weighted by molar-refractivity contribution is 5.92. The van der Waals surface area contributed by atoms with Gasteiger partial charge in [-0.15, -0.1) is 0 Å². The van der Waals surface area contributed by atoms with Crippen LogP contribution in [0.3, 0.4) is 0 Å². The molecule has 0 aliphatic carbocycles. The highest BCUT2D eigenvalue weighted by atomic mass is 16.6. The Hall–Kier alpha value is -2.78. The Labute approximate surface area is 151 Å². The number of hydrogen-bond donors (Lipinski definition) is 2. The fourth-order valence-electron chi connectivity index (χ4n) is 2.85. The van der Waals surface area contributed by atoms with E-state index in [9.17, 15) is 14.9 Å². The summed E-state index contributed by atoms with van der Waals surface area (Å²) in [5.41, 5.74) is 1.00. The Morgan fingerprint density at radius 1 is 1.23 bits per heavy atom. The molecule has 1 amide bonds. The van der Waals surface area contributed by atoms with Gasteiger partial charge in [0, 0.05) is 51.1 Å². The van der Waals surface area contributed by atoms with E-state index in [4.69, 9.17) is 0 Å². The minimum Gasteiger partial charge on any atom is -0.351 e. The van der Waals surface area contributed by atoms with Crippen LogP contribution in [0.5, 0.6) is 0 Å². The van der Waals surface area contributed by atoms with Crippen LogP contribution in [0.4, 0.5) is 5.69 Å². The van der Waals surface area contributed by atoms with E-state index in [0.29, 0.717) is 17.9 Å². The maximum absolute atomic E-state index is 12.2. The molecule has 1 fully saturated rings. The van der Waals surface area contributed by atoms with E-state index in [1.165, 1.54) is 16.8 Å². The molecule has 2 N–H and O–H groups in total. The van der Waals surface area contributed by atoms with Gasteiger partial charge in [-0.3, -0.25) is 14.9 Å². The first-order chi connectivity index (χ1) is 12.6. The third-order valence-corrected chi connectivity index (χ3v) is 4.29. The van der Waals surface area contributed by atoms with Crippen molar-refractivity contribution in [2.24, 2.45) is 0 Å².